The second-order valence-corrected chi connectivity index (χ2v) is 7.87. The predicted octanol–water partition coefficient (Wildman–Crippen LogP) is 3.81. The molecule has 0 unspecified atom stereocenters. The second-order valence-electron chi connectivity index (χ2n) is 6.88. The maximum absolute atomic E-state index is 12.7. The summed E-state index contributed by atoms with van der Waals surface area (Å²) < 4.78 is 16.8. The third-order valence-corrected chi connectivity index (χ3v) is 5.34. The Hall–Kier alpha value is -3.13. The second kappa shape index (κ2) is 10.8. The van der Waals surface area contributed by atoms with Crippen LogP contribution in [0.2, 0.25) is 0 Å². The van der Waals surface area contributed by atoms with Gasteiger partial charge in [0.25, 0.3) is 0 Å². The fourth-order valence-corrected chi connectivity index (χ4v) is 3.48. The molecule has 0 saturated heterocycles. The van der Waals surface area contributed by atoms with E-state index in [4.69, 9.17) is 14.2 Å². The maximum Gasteiger partial charge on any atom is 0.338 e. The minimum Gasteiger partial charge on any atom is -0.493 e. The molecule has 0 aromatic heterocycles. The van der Waals surface area contributed by atoms with Crippen LogP contribution in [0.25, 0.3) is 0 Å². The highest BCUT2D eigenvalue weighted by Crippen LogP contribution is 2.35. The number of benzene rings is 2. The monoisotopic (exact) mass is 442 g/mol. The molecule has 1 aliphatic rings. The summed E-state index contributed by atoms with van der Waals surface area (Å²) in [7, 11) is 1.55. The van der Waals surface area contributed by atoms with Crippen molar-refractivity contribution in [3.8, 4) is 11.5 Å². The third-order valence-electron chi connectivity index (χ3n) is 4.77. The topological polar surface area (TPSA) is 85.9 Å². The molecule has 7 nitrogen and oxygen atoms in total. The first-order chi connectivity index (χ1) is 15.0. The lowest BCUT2D eigenvalue weighted by molar-refractivity contribution is -0.138. The van der Waals surface area contributed by atoms with Crippen LogP contribution in [0.3, 0.4) is 0 Å². The molecule has 164 valence electrons. The van der Waals surface area contributed by atoms with Crippen molar-refractivity contribution in [2.45, 2.75) is 19.6 Å². The van der Waals surface area contributed by atoms with E-state index < -0.39 is 12.0 Å². The SMILES string of the molecule is COc1cc([C@@H]2NC(=O)NC(C)=C2C(=O)OCCSC)ccc1OCc1ccccc1. The van der Waals surface area contributed by atoms with Crippen LogP contribution in [0.4, 0.5) is 4.79 Å². The van der Waals surface area contributed by atoms with Crippen LogP contribution >= 0.6 is 11.8 Å². The molecule has 0 bridgehead atoms. The highest BCUT2D eigenvalue weighted by molar-refractivity contribution is 7.98. The zero-order chi connectivity index (χ0) is 22.2. The molecule has 0 fully saturated rings. The average molecular weight is 443 g/mol. The Balaban J connectivity index is 1.84. The van der Waals surface area contributed by atoms with Crippen molar-refractivity contribution < 1.29 is 23.8 Å². The Labute approximate surface area is 186 Å². The summed E-state index contributed by atoms with van der Waals surface area (Å²) >= 11 is 1.59. The molecule has 0 aliphatic carbocycles. The van der Waals surface area contributed by atoms with Crippen molar-refractivity contribution in [2.24, 2.45) is 0 Å². The number of rotatable bonds is 9. The molecule has 3 rings (SSSR count). The molecule has 2 aromatic rings. The van der Waals surface area contributed by atoms with E-state index in [9.17, 15) is 9.59 Å². The first-order valence-electron chi connectivity index (χ1n) is 9.82. The van der Waals surface area contributed by atoms with E-state index >= 15 is 0 Å². The van der Waals surface area contributed by atoms with Gasteiger partial charge in [-0.25, -0.2) is 9.59 Å². The van der Waals surface area contributed by atoms with E-state index in [1.54, 1.807) is 37.9 Å². The summed E-state index contributed by atoms with van der Waals surface area (Å²) in [5, 5.41) is 5.45. The van der Waals surface area contributed by atoms with E-state index in [1.165, 1.54) is 0 Å². The van der Waals surface area contributed by atoms with Crippen molar-refractivity contribution in [3.63, 3.8) is 0 Å². The average Bonchev–Trinajstić information content (AvgIpc) is 2.77. The highest BCUT2D eigenvalue weighted by atomic mass is 32.2. The van der Waals surface area contributed by atoms with Crippen LogP contribution in [0.1, 0.15) is 24.1 Å². The largest absolute Gasteiger partial charge is 0.493 e. The molecule has 0 spiro atoms. The Kier molecular flexibility index (Phi) is 7.83. The van der Waals surface area contributed by atoms with Gasteiger partial charge in [0.05, 0.1) is 18.7 Å². The van der Waals surface area contributed by atoms with E-state index in [-0.39, 0.29) is 6.03 Å². The number of carbonyl (C=O) groups is 2. The van der Waals surface area contributed by atoms with Gasteiger partial charge in [0, 0.05) is 11.4 Å². The molecule has 2 amide bonds. The number of methoxy groups -OCH3 is 1. The Morgan fingerprint density at radius 3 is 2.61 bits per heavy atom. The number of urea groups is 1. The number of ether oxygens (including phenoxy) is 3. The molecule has 1 heterocycles. The van der Waals surface area contributed by atoms with Gasteiger partial charge in [0.2, 0.25) is 0 Å². The molecule has 2 N–H and O–H groups in total. The summed E-state index contributed by atoms with van der Waals surface area (Å²) in [6.45, 7) is 2.38. The molecule has 0 radical (unpaired) electrons. The van der Waals surface area contributed by atoms with E-state index in [2.05, 4.69) is 10.6 Å². The number of hydrogen-bond donors (Lipinski definition) is 2. The van der Waals surface area contributed by atoms with Crippen molar-refractivity contribution >= 4 is 23.8 Å². The number of amides is 2. The smallest absolute Gasteiger partial charge is 0.338 e. The van der Waals surface area contributed by atoms with Crippen LogP contribution in [0.5, 0.6) is 11.5 Å². The number of carbonyl (C=O) groups excluding carboxylic acids is 2. The zero-order valence-electron chi connectivity index (χ0n) is 17.8. The van der Waals surface area contributed by atoms with Crippen molar-refractivity contribution in [1.29, 1.82) is 0 Å². The van der Waals surface area contributed by atoms with E-state index in [1.807, 2.05) is 42.7 Å². The van der Waals surface area contributed by atoms with Crippen LogP contribution in [0.15, 0.2) is 59.8 Å². The summed E-state index contributed by atoms with van der Waals surface area (Å²) in [5.74, 6) is 1.31. The first-order valence-corrected chi connectivity index (χ1v) is 11.2. The van der Waals surface area contributed by atoms with Gasteiger partial charge in [-0.05, 0) is 36.4 Å². The van der Waals surface area contributed by atoms with E-state index in [0.717, 1.165) is 5.56 Å². The summed E-state index contributed by atoms with van der Waals surface area (Å²) in [6.07, 6.45) is 1.94. The van der Waals surface area contributed by atoms with Gasteiger partial charge in [-0.15, -0.1) is 0 Å². The van der Waals surface area contributed by atoms with E-state index in [0.29, 0.717) is 47.3 Å². The van der Waals surface area contributed by atoms with Crippen LogP contribution in [-0.2, 0) is 16.1 Å². The number of nitrogens with one attached hydrogen (secondary N) is 2. The molecule has 1 aliphatic heterocycles. The lowest BCUT2D eigenvalue weighted by atomic mass is 9.95. The van der Waals surface area contributed by atoms with Gasteiger partial charge in [-0.1, -0.05) is 36.4 Å². The van der Waals surface area contributed by atoms with Gasteiger partial charge in [0.15, 0.2) is 11.5 Å². The standard InChI is InChI=1S/C23H26N2O5S/c1-15-20(22(26)29-11-12-31-3)21(25-23(27)24-15)17-9-10-18(19(13-17)28-2)30-14-16-7-5-4-6-8-16/h4-10,13,21H,11-12,14H2,1-3H3,(H2,24,25,27)/t21-/m0/s1. The third kappa shape index (κ3) is 5.73. The number of thioether (sulfide) groups is 1. The lowest BCUT2D eigenvalue weighted by Crippen LogP contribution is -2.45. The molecule has 8 heteroatoms. The minimum atomic E-state index is -0.660. The van der Waals surface area contributed by atoms with Crippen molar-refractivity contribution in [1.82, 2.24) is 10.6 Å². The Morgan fingerprint density at radius 1 is 1.13 bits per heavy atom. The number of esters is 1. The number of hydrogen-bond acceptors (Lipinski definition) is 6. The van der Waals surface area contributed by atoms with Crippen LogP contribution < -0.4 is 20.1 Å². The van der Waals surface area contributed by atoms with Gasteiger partial charge < -0.3 is 24.8 Å². The van der Waals surface area contributed by atoms with Gasteiger partial charge in [-0.2, -0.15) is 11.8 Å². The predicted molar refractivity (Wildman–Crippen MR) is 120 cm³/mol. The molecular weight excluding hydrogens is 416 g/mol. The van der Waals surface area contributed by atoms with Crippen LogP contribution in [-0.4, -0.2) is 37.7 Å². The fourth-order valence-electron chi connectivity index (χ4n) is 3.23. The Morgan fingerprint density at radius 2 is 1.90 bits per heavy atom. The summed E-state index contributed by atoms with van der Waals surface area (Å²) in [5.41, 5.74) is 2.55. The molecular formula is C23H26N2O5S. The summed E-state index contributed by atoms with van der Waals surface area (Å²) in [6, 6.07) is 14.1. The van der Waals surface area contributed by atoms with Gasteiger partial charge in [-0.3, -0.25) is 0 Å². The van der Waals surface area contributed by atoms with Crippen LogP contribution in [0, 0.1) is 0 Å². The fraction of sp³-hybridized carbons (Fsp3) is 0.304. The minimum absolute atomic E-state index is 0.299. The molecule has 1 atom stereocenters. The van der Waals surface area contributed by atoms with Gasteiger partial charge >= 0.3 is 12.0 Å². The molecule has 31 heavy (non-hydrogen) atoms. The number of allylic oxidation sites excluding steroid dienone is 1. The van der Waals surface area contributed by atoms with Crippen molar-refractivity contribution in [3.05, 3.63) is 70.9 Å². The Bertz CT molecular complexity index is 962. The normalized spacial score (nSPS) is 15.7. The quantitative estimate of drug-likeness (QED) is 0.454. The maximum atomic E-state index is 12.7. The summed E-state index contributed by atoms with van der Waals surface area (Å²) in [4.78, 5) is 24.8. The highest BCUT2D eigenvalue weighted by Gasteiger charge is 2.32. The first kappa shape index (κ1) is 22.6. The zero-order valence-corrected chi connectivity index (χ0v) is 18.6. The lowest BCUT2D eigenvalue weighted by Gasteiger charge is -2.28. The van der Waals surface area contributed by atoms with Gasteiger partial charge in [0.1, 0.15) is 13.2 Å². The molecule has 2 aromatic carbocycles. The van der Waals surface area contributed by atoms with Crippen molar-refractivity contribution in [2.75, 3.05) is 25.7 Å². The molecule has 0 saturated carbocycles.